The smallest absolute Gasteiger partial charge is 0.319 e. The lowest BCUT2D eigenvalue weighted by molar-refractivity contribution is -0.134. The Hall–Kier alpha value is -1.76. The van der Waals surface area contributed by atoms with Crippen LogP contribution in [0.4, 0.5) is 0 Å². The van der Waals surface area contributed by atoms with Crippen molar-refractivity contribution < 1.29 is 27.8 Å². The van der Waals surface area contributed by atoms with E-state index in [1.165, 1.54) is 26.4 Å². The molecule has 7 heteroatoms. The zero-order valence-electron chi connectivity index (χ0n) is 10.3. The largest absolute Gasteiger partial charge is 0.496 e. The predicted molar refractivity (Wildman–Crippen MR) is 64.0 cm³/mol. The first-order chi connectivity index (χ1) is 8.33. The zero-order valence-corrected chi connectivity index (χ0v) is 11.1. The second kappa shape index (κ2) is 5.26. The molecule has 0 saturated heterocycles. The van der Waals surface area contributed by atoms with E-state index in [1.54, 1.807) is 6.92 Å². The molecule has 1 aromatic rings. The molecule has 0 fully saturated rings. The Balaban J connectivity index is 3.43. The number of carboxylic acids is 1. The van der Waals surface area contributed by atoms with Crippen LogP contribution in [0, 0.1) is 6.92 Å². The van der Waals surface area contributed by atoms with E-state index in [9.17, 15) is 13.2 Å². The number of aliphatic carboxylic acids is 1. The molecule has 0 radical (unpaired) electrons. The Morgan fingerprint density at radius 2 is 1.89 bits per heavy atom. The first-order valence-electron chi connectivity index (χ1n) is 4.99. The summed E-state index contributed by atoms with van der Waals surface area (Å²) in [6.45, 7) is 1.64. The minimum absolute atomic E-state index is 0.107. The molecule has 0 aliphatic heterocycles. The molecule has 0 amide bonds. The van der Waals surface area contributed by atoms with Crippen LogP contribution in [0.5, 0.6) is 11.5 Å². The molecular formula is C11H14O6S. The SMILES string of the molecule is COc1ccc(S(=O)(=O)CC(=O)O)c(OC)c1C. The maximum atomic E-state index is 11.9. The molecule has 6 nitrogen and oxygen atoms in total. The lowest BCUT2D eigenvalue weighted by atomic mass is 10.2. The molecule has 0 atom stereocenters. The van der Waals surface area contributed by atoms with Crippen molar-refractivity contribution in [1.82, 2.24) is 0 Å². The van der Waals surface area contributed by atoms with Crippen LogP contribution in [-0.4, -0.2) is 39.5 Å². The van der Waals surface area contributed by atoms with Crippen LogP contribution >= 0.6 is 0 Å². The summed E-state index contributed by atoms with van der Waals surface area (Å²) in [6.07, 6.45) is 0. The van der Waals surface area contributed by atoms with Crippen molar-refractivity contribution in [3.05, 3.63) is 17.7 Å². The van der Waals surface area contributed by atoms with Gasteiger partial charge in [0.2, 0.25) is 0 Å². The number of carboxylic acid groups (broad SMARTS) is 1. The van der Waals surface area contributed by atoms with E-state index in [-0.39, 0.29) is 10.6 Å². The number of rotatable bonds is 5. The molecule has 1 aromatic carbocycles. The third kappa shape index (κ3) is 2.73. The van der Waals surface area contributed by atoms with Gasteiger partial charge in [-0.1, -0.05) is 0 Å². The van der Waals surface area contributed by atoms with Gasteiger partial charge in [0.05, 0.1) is 14.2 Å². The highest BCUT2D eigenvalue weighted by Gasteiger charge is 2.25. The topological polar surface area (TPSA) is 89.9 Å². The summed E-state index contributed by atoms with van der Waals surface area (Å²) in [5, 5.41) is 8.60. The molecule has 0 spiro atoms. The van der Waals surface area contributed by atoms with E-state index in [1.807, 2.05) is 0 Å². The van der Waals surface area contributed by atoms with Crippen molar-refractivity contribution in [3.63, 3.8) is 0 Å². The third-order valence-corrected chi connectivity index (χ3v) is 4.01. The fourth-order valence-electron chi connectivity index (χ4n) is 1.61. The van der Waals surface area contributed by atoms with Crippen molar-refractivity contribution in [2.75, 3.05) is 20.0 Å². The summed E-state index contributed by atoms with van der Waals surface area (Å²) in [5.41, 5.74) is 0.506. The molecule has 1 rings (SSSR count). The van der Waals surface area contributed by atoms with Gasteiger partial charge < -0.3 is 14.6 Å². The fourth-order valence-corrected chi connectivity index (χ4v) is 2.88. The molecular weight excluding hydrogens is 260 g/mol. The molecule has 0 aliphatic rings. The number of ether oxygens (including phenoxy) is 2. The van der Waals surface area contributed by atoms with Crippen LogP contribution in [-0.2, 0) is 14.6 Å². The Labute approximate surface area is 105 Å². The van der Waals surface area contributed by atoms with Crippen molar-refractivity contribution in [1.29, 1.82) is 0 Å². The maximum absolute atomic E-state index is 11.9. The maximum Gasteiger partial charge on any atom is 0.319 e. The molecule has 0 bridgehead atoms. The average Bonchev–Trinajstić information content (AvgIpc) is 2.26. The second-order valence-corrected chi connectivity index (χ2v) is 5.54. The van der Waals surface area contributed by atoms with Gasteiger partial charge in [0.15, 0.2) is 15.6 Å². The van der Waals surface area contributed by atoms with Gasteiger partial charge in [0.1, 0.15) is 16.4 Å². The normalized spacial score (nSPS) is 11.1. The Kier molecular flexibility index (Phi) is 4.18. The highest BCUT2D eigenvalue weighted by molar-refractivity contribution is 7.92. The van der Waals surface area contributed by atoms with Crippen LogP contribution < -0.4 is 9.47 Å². The number of hydrogen-bond acceptors (Lipinski definition) is 5. The standard InChI is InChI=1S/C11H14O6S/c1-7-8(16-2)4-5-9(11(7)17-3)18(14,15)6-10(12)13/h4-5H,6H2,1-3H3,(H,12,13). The number of benzene rings is 1. The van der Waals surface area contributed by atoms with Gasteiger partial charge in [-0.2, -0.15) is 0 Å². The van der Waals surface area contributed by atoms with Gasteiger partial charge in [0.25, 0.3) is 0 Å². The summed E-state index contributed by atoms with van der Waals surface area (Å²) in [6, 6.07) is 2.75. The van der Waals surface area contributed by atoms with E-state index in [2.05, 4.69) is 0 Å². The number of sulfone groups is 1. The van der Waals surface area contributed by atoms with Crippen molar-refractivity contribution in [2.45, 2.75) is 11.8 Å². The molecule has 0 heterocycles. The molecule has 1 N–H and O–H groups in total. The second-order valence-electron chi connectivity index (χ2n) is 3.58. The van der Waals surface area contributed by atoms with E-state index >= 15 is 0 Å². The van der Waals surface area contributed by atoms with Crippen molar-refractivity contribution in [2.24, 2.45) is 0 Å². The third-order valence-electron chi connectivity index (χ3n) is 2.39. The summed E-state index contributed by atoms with van der Waals surface area (Å²) >= 11 is 0. The van der Waals surface area contributed by atoms with Gasteiger partial charge in [-0.25, -0.2) is 8.42 Å². The Morgan fingerprint density at radius 3 is 2.33 bits per heavy atom. The molecule has 0 saturated carbocycles. The molecule has 100 valence electrons. The van der Waals surface area contributed by atoms with Crippen LogP contribution in [0.2, 0.25) is 0 Å². The van der Waals surface area contributed by atoms with Crippen molar-refractivity contribution in [3.8, 4) is 11.5 Å². The van der Waals surface area contributed by atoms with E-state index < -0.39 is 21.6 Å². The highest BCUT2D eigenvalue weighted by Crippen LogP contribution is 2.34. The summed E-state index contributed by atoms with van der Waals surface area (Å²) < 4.78 is 33.8. The molecule has 0 aliphatic carbocycles. The minimum atomic E-state index is -3.93. The molecule has 0 unspecified atom stereocenters. The van der Waals surface area contributed by atoms with Gasteiger partial charge in [-0.05, 0) is 19.1 Å². The first kappa shape index (κ1) is 14.3. The van der Waals surface area contributed by atoms with Crippen LogP contribution in [0.3, 0.4) is 0 Å². The molecule has 0 aromatic heterocycles. The Bertz CT molecular complexity index is 561. The van der Waals surface area contributed by atoms with Gasteiger partial charge in [-0.3, -0.25) is 4.79 Å². The van der Waals surface area contributed by atoms with E-state index in [0.717, 1.165) is 0 Å². The van der Waals surface area contributed by atoms with Gasteiger partial charge in [0, 0.05) is 5.56 Å². The highest BCUT2D eigenvalue weighted by atomic mass is 32.2. The van der Waals surface area contributed by atoms with Gasteiger partial charge in [-0.15, -0.1) is 0 Å². The lowest BCUT2D eigenvalue weighted by Crippen LogP contribution is -2.16. The summed E-state index contributed by atoms with van der Waals surface area (Å²) in [4.78, 5) is 10.4. The zero-order chi connectivity index (χ0) is 13.9. The Morgan fingerprint density at radius 1 is 1.28 bits per heavy atom. The van der Waals surface area contributed by atoms with Gasteiger partial charge >= 0.3 is 5.97 Å². The minimum Gasteiger partial charge on any atom is -0.496 e. The van der Waals surface area contributed by atoms with Crippen LogP contribution in [0.1, 0.15) is 5.56 Å². The summed E-state index contributed by atoms with van der Waals surface area (Å²) in [5.74, 6) is -1.81. The lowest BCUT2D eigenvalue weighted by Gasteiger charge is -2.13. The fraction of sp³-hybridized carbons (Fsp3) is 0.364. The van der Waals surface area contributed by atoms with Crippen LogP contribution in [0.15, 0.2) is 17.0 Å². The molecule has 18 heavy (non-hydrogen) atoms. The predicted octanol–water partition coefficient (Wildman–Crippen LogP) is 0.871. The number of hydrogen-bond donors (Lipinski definition) is 1. The number of methoxy groups -OCH3 is 2. The van der Waals surface area contributed by atoms with E-state index in [0.29, 0.717) is 11.3 Å². The quantitative estimate of drug-likeness (QED) is 0.857. The van der Waals surface area contributed by atoms with Crippen molar-refractivity contribution >= 4 is 15.8 Å². The van der Waals surface area contributed by atoms with E-state index in [4.69, 9.17) is 14.6 Å². The average molecular weight is 274 g/mol. The van der Waals surface area contributed by atoms with Crippen LogP contribution in [0.25, 0.3) is 0 Å². The first-order valence-corrected chi connectivity index (χ1v) is 6.65. The monoisotopic (exact) mass is 274 g/mol. The summed E-state index contributed by atoms with van der Waals surface area (Å²) in [7, 11) is -1.16. The number of carbonyl (C=O) groups is 1.